The zero-order valence-electron chi connectivity index (χ0n) is 16.0. The molecule has 146 valence electrons. The number of rotatable bonds is 13. The number of ether oxygens (including phenoxy) is 1. The van der Waals surface area contributed by atoms with Crippen molar-refractivity contribution in [1.29, 1.82) is 0 Å². The predicted octanol–water partition coefficient (Wildman–Crippen LogP) is 4.52. The number of allylic oxidation sites excluding steroid dienone is 1. The number of hydrogen-bond acceptors (Lipinski definition) is 4. The third-order valence-electron chi connectivity index (χ3n) is 5.37. The summed E-state index contributed by atoms with van der Waals surface area (Å²) in [5, 5.41) is 29.2. The molecular formula is C21H38O4. The number of aliphatic hydroxyl groups is 3. The van der Waals surface area contributed by atoms with E-state index >= 15 is 0 Å². The molecule has 0 heterocycles. The van der Waals surface area contributed by atoms with E-state index in [0.717, 1.165) is 64.0 Å². The van der Waals surface area contributed by atoms with Crippen LogP contribution in [0.15, 0.2) is 24.5 Å². The Labute approximate surface area is 153 Å². The second kappa shape index (κ2) is 13.4. The Morgan fingerprint density at radius 1 is 1.16 bits per heavy atom. The van der Waals surface area contributed by atoms with E-state index in [9.17, 15) is 10.2 Å². The summed E-state index contributed by atoms with van der Waals surface area (Å²) in [7, 11) is 1.72. The van der Waals surface area contributed by atoms with E-state index in [4.69, 9.17) is 9.84 Å². The first-order valence-electron chi connectivity index (χ1n) is 10.0. The molecule has 0 amide bonds. The van der Waals surface area contributed by atoms with E-state index in [2.05, 4.69) is 6.92 Å². The van der Waals surface area contributed by atoms with Crippen molar-refractivity contribution in [3.05, 3.63) is 24.5 Å². The van der Waals surface area contributed by atoms with Gasteiger partial charge in [-0.2, -0.15) is 0 Å². The van der Waals surface area contributed by atoms with Gasteiger partial charge in [0.1, 0.15) is 0 Å². The molecule has 25 heavy (non-hydrogen) atoms. The van der Waals surface area contributed by atoms with Gasteiger partial charge in [-0.15, -0.1) is 0 Å². The summed E-state index contributed by atoms with van der Waals surface area (Å²) in [5.41, 5.74) is 0. The Morgan fingerprint density at radius 3 is 2.64 bits per heavy atom. The molecule has 0 saturated heterocycles. The van der Waals surface area contributed by atoms with Crippen LogP contribution in [0.5, 0.6) is 0 Å². The van der Waals surface area contributed by atoms with Gasteiger partial charge in [0.25, 0.3) is 0 Å². The van der Waals surface area contributed by atoms with Gasteiger partial charge in [-0.25, -0.2) is 0 Å². The van der Waals surface area contributed by atoms with E-state index in [-0.39, 0.29) is 18.1 Å². The summed E-state index contributed by atoms with van der Waals surface area (Å²) in [5.74, 6) is 0.385. The van der Waals surface area contributed by atoms with Crippen molar-refractivity contribution in [2.45, 2.75) is 89.4 Å². The predicted molar refractivity (Wildman–Crippen MR) is 103 cm³/mol. The largest absolute Gasteiger partial charge is 0.516 e. The van der Waals surface area contributed by atoms with E-state index < -0.39 is 6.10 Å². The third kappa shape index (κ3) is 8.39. The molecule has 4 nitrogen and oxygen atoms in total. The highest BCUT2D eigenvalue weighted by Crippen LogP contribution is 2.38. The van der Waals surface area contributed by atoms with E-state index in [1.807, 2.05) is 12.2 Å². The Morgan fingerprint density at radius 2 is 1.96 bits per heavy atom. The zero-order valence-corrected chi connectivity index (χ0v) is 16.0. The molecule has 3 N–H and O–H groups in total. The van der Waals surface area contributed by atoms with Crippen LogP contribution in [-0.2, 0) is 4.74 Å². The second-order valence-corrected chi connectivity index (χ2v) is 7.29. The molecular weight excluding hydrogens is 316 g/mol. The van der Waals surface area contributed by atoms with Crippen molar-refractivity contribution in [1.82, 2.24) is 0 Å². The van der Waals surface area contributed by atoms with Crippen LogP contribution in [0, 0.1) is 11.8 Å². The summed E-state index contributed by atoms with van der Waals surface area (Å²) >= 11 is 0. The van der Waals surface area contributed by atoms with Gasteiger partial charge < -0.3 is 20.1 Å². The molecule has 0 aromatic carbocycles. The van der Waals surface area contributed by atoms with Crippen LogP contribution in [0.4, 0.5) is 0 Å². The number of hydrogen-bond donors (Lipinski definition) is 3. The highest BCUT2D eigenvalue weighted by molar-refractivity contribution is 5.04. The van der Waals surface area contributed by atoms with E-state index in [1.165, 1.54) is 0 Å². The minimum atomic E-state index is -0.411. The fourth-order valence-corrected chi connectivity index (χ4v) is 3.87. The van der Waals surface area contributed by atoms with Crippen LogP contribution < -0.4 is 0 Å². The summed E-state index contributed by atoms with van der Waals surface area (Å²) in [6, 6.07) is 0. The van der Waals surface area contributed by atoms with Gasteiger partial charge in [0, 0.05) is 19.4 Å². The molecule has 1 aliphatic carbocycles. The van der Waals surface area contributed by atoms with Gasteiger partial charge in [0.15, 0.2) is 0 Å². The molecule has 1 rings (SSSR count). The average molecular weight is 355 g/mol. The van der Waals surface area contributed by atoms with Gasteiger partial charge in [0.05, 0.1) is 24.6 Å². The molecule has 0 bridgehead atoms. The summed E-state index contributed by atoms with van der Waals surface area (Å²) in [4.78, 5) is 0. The minimum Gasteiger partial charge on any atom is -0.516 e. The second-order valence-electron chi connectivity index (χ2n) is 7.29. The van der Waals surface area contributed by atoms with Crippen LogP contribution in [0.3, 0.4) is 0 Å². The van der Waals surface area contributed by atoms with E-state index in [0.29, 0.717) is 12.3 Å². The third-order valence-corrected chi connectivity index (χ3v) is 5.37. The highest BCUT2D eigenvalue weighted by Gasteiger charge is 2.40. The van der Waals surface area contributed by atoms with Crippen LogP contribution >= 0.6 is 0 Å². The van der Waals surface area contributed by atoms with Crippen LogP contribution in [0.2, 0.25) is 0 Å². The fourth-order valence-electron chi connectivity index (χ4n) is 3.87. The highest BCUT2D eigenvalue weighted by atomic mass is 16.5. The van der Waals surface area contributed by atoms with Crippen molar-refractivity contribution in [3.63, 3.8) is 0 Å². The van der Waals surface area contributed by atoms with Gasteiger partial charge in [-0.05, 0) is 31.6 Å². The fraction of sp³-hybridized carbons (Fsp3) is 0.810. The quantitative estimate of drug-likeness (QED) is 0.258. The summed E-state index contributed by atoms with van der Waals surface area (Å²) < 4.78 is 5.61. The van der Waals surface area contributed by atoms with E-state index in [1.54, 1.807) is 13.2 Å². The normalized spacial score (nSPS) is 28.3. The maximum atomic E-state index is 10.4. The standard InChI is InChI=1S/C21H38O4/c1-3-4-8-11-17(23)13-14-18-19(21(25-2)16-20(18)24)12-9-6-5-7-10-15-22/h10,13-15,17-24H,3-9,11-12,16H2,1-2H3/b14-13+,15-10?. The molecule has 1 aliphatic rings. The first kappa shape index (κ1) is 22.2. The van der Waals surface area contributed by atoms with Crippen molar-refractivity contribution < 1.29 is 20.1 Å². The van der Waals surface area contributed by atoms with Crippen molar-refractivity contribution in [3.8, 4) is 0 Å². The van der Waals surface area contributed by atoms with Crippen LogP contribution in [0.1, 0.15) is 71.1 Å². The lowest BCUT2D eigenvalue weighted by Crippen LogP contribution is -2.22. The molecule has 4 heteroatoms. The molecule has 5 atom stereocenters. The zero-order chi connectivity index (χ0) is 18.5. The smallest absolute Gasteiger partial charge is 0.0751 e. The first-order valence-corrected chi connectivity index (χ1v) is 10.0. The average Bonchev–Trinajstić information content (AvgIpc) is 2.91. The Bertz CT molecular complexity index is 380. The lowest BCUT2D eigenvalue weighted by molar-refractivity contribution is 0.0589. The molecule has 1 fully saturated rings. The van der Waals surface area contributed by atoms with Gasteiger partial charge >= 0.3 is 0 Å². The number of methoxy groups -OCH3 is 1. The first-order chi connectivity index (χ1) is 12.1. The number of unbranched alkanes of at least 4 members (excludes halogenated alkanes) is 5. The minimum absolute atomic E-state index is 0.0723. The molecule has 0 aromatic rings. The SMILES string of the molecule is CCCCCC(O)/C=C/C1C(O)CC(OC)C1CCCCCC=CO. The van der Waals surface area contributed by atoms with Gasteiger partial charge in [-0.3, -0.25) is 0 Å². The summed E-state index contributed by atoms with van der Waals surface area (Å²) in [6.07, 6.45) is 16.1. The van der Waals surface area contributed by atoms with Crippen molar-refractivity contribution in [2.24, 2.45) is 11.8 Å². The lowest BCUT2D eigenvalue weighted by Gasteiger charge is -2.23. The topological polar surface area (TPSA) is 69.9 Å². The monoisotopic (exact) mass is 354 g/mol. The van der Waals surface area contributed by atoms with Crippen molar-refractivity contribution >= 4 is 0 Å². The Hall–Kier alpha value is -0.840. The van der Waals surface area contributed by atoms with Crippen LogP contribution in [0.25, 0.3) is 0 Å². The lowest BCUT2D eigenvalue weighted by atomic mass is 9.87. The molecule has 0 aliphatic heterocycles. The van der Waals surface area contributed by atoms with Crippen LogP contribution in [-0.4, -0.2) is 40.7 Å². The molecule has 5 unspecified atom stereocenters. The van der Waals surface area contributed by atoms with Crippen molar-refractivity contribution in [2.75, 3.05) is 7.11 Å². The van der Waals surface area contributed by atoms with Gasteiger partial charge in [-0.1, -0.05) is 57.3 Å². The summed E-state index contributed by atoms with van der Waals surface area (Å²) in [6.45, 7) is 2.16. The molecule has 1 saturated carbocycles. The molecule has 0 aromatic heterocycles. The molecule has 0 spiro atoms. The maximum Gasteiger partial charge on any atom is 0.0751 e. The molecule has 0 radical (unpaired) electrons. The Balaban J connectivity index is 2.49. The Kier molecular flexibility index (Phi) is 11.9. The number of aliphatic hydroxyl groups excluding tert-OH is 3. The maximum absolute atomic E-state index is 10.4. The van der Waals surface area contributed by atoms with Gasteiger partial charge in [0.2, 0.25) is 0 Å².